The van der Waals surface area contributed by atoms with Crippen molar-refractivity contribution < 1.29 is 86.5 Å². The van der Waals surface area contributed by atoms with Crippen molar-refractivity contribution >= 4 is 16.3 Å². The number of rotatable bonds is 9. The maximum atomic E-state index is 11.9. The van der Waals surface area contributed by atoms with Gasteiger partial charge in [-0.3, -0.25) is 9.35 Å². The average Bonchev–Trinajstić information content (AvgIpc) is 2.87. The lowest BCUT2D eigenvalue weighted by Crippen LogP contribution is -2.69. The van der Waals surface area contributed by atoms with Crippen molar-refractivity contribution in [3.8, 4) is 0 Å². The number of nitrogens with one attached hydrogen (secondary N) is 1. The Morgan fingerprint density at radius 2 is 1.35 bits per heavy atom. The third-order valence-electron chi connectivity index (χ3n) is 6.66. The number of aliphatic hydroxyl groups is 8. The lowest BCUT2D eigenvalue weighted by atomic mass is 9.94. The number of ether oxygens (including phenoxy) is 5. The van der Waals surface area contributed by atoms with Crippen molar-refractivity contribution in [3.05, 3.63) is 0 Å². The molecule has 3 saturated heterocycles. The van der Waals surface area contributed by atoms with Crippen molar-refractivity contribution in [2.45, 2.75) is 106 Å². The quantitative estimate of drug-likeness (QED) is 0.109. The summed E-state index contributed by atoms with van der Waals surface area (Å²) in [6.45, 7) is 0.591. The zero-order chi connectivity index (χ0) is 30.1. The molecule has 0 radical (unpaired) electrons. The molecule has 10 N–H and O–H groups in total. The van der Waals surface area contributed by atoms with Gasteiger partial charge in [-0.1, -0.05) is 0 Å². The molecule has 3 fully saturated rings. The van der Waals surface area contributed by atoms with Gasteiger partial charge in [-0.05, 0) is 6.92 Å². The number of carbonyl (C=O) groups is 1. The van der Waals surface area contributed by atoms with Crippen LogP contribution in [-0.2, 0) is 43.1 Å². The second kappa shape index (κ2) is 13.4. The van der Waals surface area contributed by atoms with E-state index >= 15 is 0 Å². The van der Waals surface area contributed by atoms with Crippen LogP contribution in [0.3, 0.4) is 0 Å². The van der Waals surface area contributed by atoms with E-state index in [-0.39, 0.29) is 0 Å². The summed E-state index contributed by atoms with van der Waals surface area (Å²) in [5.41, 5.74) is 0. The van der Waals surface area contributed by atoms with Gasteiger partial charge < -0.3 is 69.9 Å². The van der Waals surface area contributed by atoms with Crippen molar-refractivity contribution in [3.63, 3.8) is 0 Å². The summed E-state index contributed by atoms with van der Waals surface area (Å²) in [5.74, 6) is -0.713. The van der Waals surface area contributed by atoms with Crippen molar-refractivity contribution in [1.82, 2.24) is 5.32 Å². The van der Waals surface area contributed by atoms with Gasteiger partial charge in [-0.25, -0.2) is 4.18 Å². The number of hydrogen-bond donors (Lipinski definition) is 10. The lowest BCUT2D eigenvalue weighted by Gasteiger charge is -2.49. The molecule has 19 nitrogen and oxygen atoms in total. The monoisotopic (exact) mass is 609 g/mol. The molecule has 3 aliphatic rings. The molecule has 3 heterocycles. The van der Waals surface area contributed by atoms with Crippen LogP contribution < -0.4 is 5.32 Å². The largest absolute Gasteiger partial charge is 0.397 e. The first kappa shape index (κ1) is 33.3. The SMILES string of the molecule is CC(=O)N[C@@H]1[C@@H](O[C@@H]2O[C@@H](C)[C@@H](O)[C@@H](O)[C@@H]2O)[C@H](O[C@@H]2O[C@H](CO)[C@H](O)[C@H](OS(=O)(=O)O)[C@H]2O)[C@@H](CO)O[C@@H]1O. The third kappa shape index (κ3) is 7.42. The van der Waals surface area contributed by atoms with E-state index in [1.807, 2.05) is 0 Å². The summed E-state index contributed by atoms with van der Waals surface area (Å²) in [6, 6.07) is -1.52. The molecule has 1 amide bonds. The summed E-state index contributed by atoms with van der Waals surface area (Å²) in [4.78, 5) is 11.9. The molecule has 40 heavy (non-hydrogen) atoms. The van der Waals surface area contributed by atoms with Crippen LogP contribution in [0.25, 0.3) is 0 Å². The van der Waals surface area contributed by atoms with E-state index in [0.717, 1.165) is 6.92 Å². The number of carbonyl (C=O) groups excluding carboxylic acids is 1. The highest BCUT2D eigenvalue weighted by atomic mass is 32.3. The van der Waals surface area contributed by atoms with Crippen molar-refractivity contribution in [1.29, 1.82) is 0 Å². The second-order valence-electron chi connectivity index (χ2n) is 9.55. The Morgan fingerprint density at radius 1 is 0.775 bits per heavy atom. The molecule has 0 aliphatic carbocycles. The molecule has 234 valence electrons. The number of hydrogen-bond acceptors (Lipinski definition) is 17. The van der Waals surface area contributed by atoms with E-state index in [0.29, 0.717) is 0 Å². The van der Waals surface area contributed by atoms with Gasteiger partial charge in [0.25, 0.3) is 0 Å². The molecule has 15 atom stereocenters. The minimum Gasteiger partial charge on any atom is -0.394 e. The summed E-state index contributed by atoms with van der Waals surface area (Å²) < 4.78 is 63.6. The predicted octanol–water partition coefficient (Wildman–Crippen LogP) is -6.57. The fraction of sp³-hybridized carbons (Fsp3) is 0.950. The first-order chi connectivity index (χ1) is 18.6. The maximum Gasteiger partial charge on any atom is 0.397 e. The average molecular weight is 610 g/mol. The molecule has 3 rings (SSSR count). The van der Waals surface area contributed by atoms with E-state index in [1.165, 1.54) is 6.92 Å². The highest BCUT2D eigenvalue weighted by Gasteiger charge is 2.55. The van der Waals surface area contributed by atoms with E-state index in [4.69, 9.17) is 28.2 Å². The molecule has 0 spiro atoms. The Labute approximate surface area is 227 Å². The van der Waals surface area contributed by atoms with E-state index < -0.39 is 122 Å². The van der Waals surface area contributed by atoms with Crippen LogP contribution in [-0.4, -0.2) is 165 Å². The Balaban J connectivity index is 1.97. The highest BCUT2D eigenvalue weighted by Crippen LogP contribution is 2.33. The Hall–Kier alpha value is -1.18. The molecule has 0 bridgehead atoms. The Kier molecular flexibility index (Phi) is 11.2. The minimum absolute atomic E-state index is 0.713. The van der Waals surface area contributed by atoms with Crippen LogP contribution in [0.15, 0.2) is 0 Å². The molecule has 0 aromatic carbocycles. The van der Waals surface area contributed by atoms with Crippen LogP contribution in [0, 0.1) is 0 Å². The van der Waals surface area contributed by atoms with E-state index in [1.54, 1.807) is 0 Å². The van der Waals surface area contributed by atoms with Crippen LogP contribution in [0.5, 0.6) is 0 Å². The second-order valence-corrected chi connectivity index (χ2v) is 10.6. The molecule has 0 aromatic heterocycles. The van der Waals surface area contributed by atoms with E-state index in [2.05, 4.69) is 9.50 Å². The summed E-state index contributed by atoms with van der Waals surface area (Å²) in [5, 5.41) is 84.0. The lowest BCUT2D eigenvalue weighted by molar-refractivity contribution is -0.369. The molecule has 0 saturated carbocycles. The van der Waals surface area contributed by atoms with Gasteiger partial charge >= 0.3 is 10.4 Å². The van der Waals surface area contributed by atoms with E-state index in [9.17, 15) is 54.1 Å². The molecule has 3 aliphatic heterocycles. The van der Waals surface area contributed by atoms with Gasteiger partial charge in [-0.2, -0.15) is 8.42 Å². The topological polar surface area (TPSA) is 301 Å². The van der Waals surface area contributed by atoms with Crippen LogP contribution in [0.2, 0.25) is 0 Å². The Morgan fingerprint density at radius 3 is 1.90 bits per heavy atom. The molecule has 0 aromatic rings. The van der Waals surface area contributed by atoms with Gasteiger partial charge in [0, 0.05) is 6.92 Å². The molecular weight excluding hydrogens is 574 g/mol. The standard InChI is InChI=1S/C20H35NO18S/c1-5-10(25)12(27)13(28)19(34-5)38-16-9(21-6(2)24)18(30)35-8(4-23)15(16)37-20-14(29)17(39-40(31,32)33)11(26)7(3-22)36-20/h5,7-20,22-23,25-30H,3-4H2,1-2H3,(H,21,24)(H,31,32,33)/t5-,7+,8+,9+,10+,11-,12+,13-,14+,15+,16+,17-,18-,19-,20-/m0/s1. The van der Waals surface area contributed by atoms with Crippen molar-refractivity contribution in [2.75, 3.05) is 13.2 Å². The zero-order valence-corrected chi connectivity index (χ0v) is 22.0. The summed E-state index contributed by atoms with van der Waals surface area (Å²) >= 11 is 0. The summed E-state index contributed by atoms with van der Waals surface area (Å²) in [6.07, 6.45) is -24.5. The molecule has 0 unspecified atom stereocenters. The fourth-order valence-corrected chi connectivity index (χ4v) is 5.15. The first-order valence-corrected chi connectivity index (χ1v) is 13.5. The molecule has 20 heteroatoms. The number of amides is 1. The highest BCUT2D eigenvalue weighted by molar-refractivity contribution is 7.80. The van der Waals surface area contributed by atoms with Crippen LogP contribution in [0.1, 0.15) is 13.8 Å². The first-order valence-electron chi connectivity index (χ1n) is 12.1. The number of aliphatic hydroxyl groups excluding tert-OH is 8. The third-order valence-corrected chi connectivity index (χ3v) is 7.13. The van der Waals surface area contributed by atoms with Crippen molar-refractivity contribution in [2.24, 2.45) is 0 Å². The normalized spacial score (nSPS) is 46.6. The maximum absolute atomic E-state index is 11.9. The zero-order valence-electron chi connectivity index (χ0n) is 21.2. The smallest absolute Gasteiger partial charge is 0.394 e. The van der Waals surface area contributed by atoms with Gasteiger partial charge in [0.2, 0.25) is 5.91 Å². The fourth-order valence-electron chi connectivity index (χ4n) is 4.64. The van der Waals surface area contributed by atoms with Gasteiger partial charge in [0.05, 0.1) is 19.3 Å². The minimum atomic E-state index is -5.24. The Bertz CT molecular complexity index is 956. The van der Waals surface area contributed by atoms with Crippen LogP contribution in [0.4, 0.5) is 0 Å². The van der Waals surface area contributed by atoms with Gasteiger partial charge in [0.15, 0.2) is 18.9 Å². The molecular formula is C20H35NO18S. The van der Waals surface area contributed by atoms with Gasteiger partial charge in [-0.15, -0.1) is 0 Å². The van der Waals surface area contributed by atoms with Crippen LogP contribution >= 0.6 is 0 Å². The van der Waals surface area contributed by atoms with Gasteiger partial charge in [0.1, 0.15) is 67.1 Å². The summed E-state index contributed by atoms with van der Waals surface area (Å²) in [7, 11) is -5.24. The predicted molar refractivity (Wildman–Crippen MR) is 122 cm³/mol.